The third-order valence-corrected chi connectivity index (χ3v) is 4.90. The van der Waals surface area contributed by atoms with Crippen LogP contribution in [0.25, 0.3) is 0 Å². The number of nitrogens with two attached hydrogens (primary N) is 1. The SMILES string of the molecule is Cl.NCC1CCCC1NC(=O)CCCc1ccc(Cl)c(Cl)c1. The Hall–Kier alpha value is -0.480. The average Bonchev–Trinajstić information content (AvgIpc) is 2.90. The molecule has 2 unspecified atom stereocenters. The summed E-state index contributed by atoms with van der Waals surface area (Å²) in [7, 11) is 0. The molecule has 2 rings (SSSR count). The zero-order valence-corrected chi connectivity index (χ0v) is 14.8. The molecule has 6 heteroatoms. The Morgan fingerprint density at radius 2 is 2.05 bits per heavy atom. The van der Waals surface area contributed by atoms with E-state index in [2.05, 4.69) is 5.32 Å². The van der Waals surface area contributed by atoms with E-state index in [0.29, 0.717) is 28.9 Å². The van der Waals surface area contributed by atoms with E-state index in [1.165, 1.54) is 0 Å². The molecule has 1 aliphatic rings. The van der Waals surface area contributed by atoms with Gasteiger partial charge in [-0.1, -0.05) is 35.7 Å². The predicted molar refractivity (Wildman–Crippen MR) is 95.0 cm³/mol. The van der Waals surface area contributed by atoms with Crippen molar-refractivity contribution in [2.24, 2.45) is 11.7 Å². The molecule has 1 aliphatic carbocycles. The molecule has 22 heavy (non-hydrogen) atoms. The molecule has 0 saturated heterocycles. The van der Waals surface area contributed by atoms with Crippen molar-refractivity contribution in [2.45, 2.75) is 44.6 Å². The molecule has 1 saturated carbocycles. The second-order valence-corrected chi connectivity index (χ2v) is 6.52. The first kappa shape index (κ1) is 19.6. The zero-order chi connectivity index (χ0) is 15.2. The molecular weight excluding hydrogens is 343 g/mol. The van der Waals surface area contributed by atoms with Gasteiger partial charge in [0.2, 0.25) is 5.91 Å². The fraction of sp³-hybridized carbons (Fsp3) is 0.562. The third kappa shape index (κ3) is 5.62. The summed E-state index contributed by atoms with van der Waals surface area (Å²) in [6.45, 7) is 0.661. The molecular formula is C16H23Cl3N2O. The van der Waals surface area contributed by atoms with Gasteiger partial charge in [-0.25, -0.2) is 0 Å². The van der Waals surface area contributed by atoms with E-state index < -0.39 is 0 Å². The molecule has 3 N–H and O–H groups in total. The van der Waals surface area contributed by atoms with Crippen molar-refractivity contribution in [3.63, 3.8) is 0 Å². The summed E-state index contributed by atoms with van der Waals surface area (Å²) in [5.74, 6) is 0.574. The number of amides is 1. The lowest BCUT2D eigenvalue weighted by atomic mass is 10.0. The minimum absolute atomic E-state index is 0. The molecule has 2 atom stereocenters. The normalized spacial score (nSPS) is 20.5. The zero-order valence-electron chi connectivity index (χ0n) is 12.5. The Balaban J connectivity index is 0.00000242. The van der Waals surface area contributed by atoms with Crippen LogP contribution in [0.2, 0.25) is 10.0 Å². The minimum Gasteiger partial charge on any atom is -0.353 e. The minimum atomic E-state index is 0. The molecule has 0 spiro atoms. The van der Waals surface area contributed by atoms with Gasteiger partial charge < -0.3 is 11.1 Å². The van der Waals surface area contributed by atoms with Gasteiger partial charge in [0.15, 0.2) is 0 Å². The van der Waals surface area contributed by atoms with E-state index in [0.717, 1.165) is 37.7 Å². The summed E-state index contributed by atoms with van der Waals surface area (Å²) in [6, 6.07) is 5.88. The van der Waals surface area contributed by atoms with Crippen molar-refractivity contribution in [1.29, 1.82) is 0 Å². The van der Waals surface area contributed by atoms with E-state index >= 15 is 0 Å². The number of hydrogen-bond donors (Lipinski definition) is 2. The Bertz CT molecular complexity index is 496. The highest BCUT2D eigenvalue weighted by molar-refractivity contribution is 6.42. The van der Waals surface area contributed by atoms with Gasteiger partial charge in [-0.2, -0.15) is 0 Å². The van der Waals surface area contributed by atoms with Crippen LogP contribution in [0.5, 0.6) is 0 Å². The molecule has 1 aromatic carbocycles. The van der Waals surface area contributed by atoms with Gasteiger partial charge >= 0.3 is 0 Å². The second-order valence-electron chi connectivity index (χ2n) is 5.70. The van der Waals surface area contributed by atoms with Crippen LogP contribution in [0, 0.1) is 5.92 Å². The fourth-order valence-electron chi connectivity index (χ4n) is 2.94. The van der Waals surface area contributed by atoms with Crippen LogP contribution in [-0.2, 0) is 11.2 Å². The molecule has 124 valence electrons. The average molecular weight is 366 g/mol. The first-order valence-corrected chi connectivity index (χ1v) is 8.29. The molecule has 1 fully saturated rings. The van der Waals surface area contributed by atoms with E-state index in [4.69, 9.17) is 28.9 Å². The lowest BCUT2D eigenvalue weighted by Gasteiger charge is -2.19. The van der Waals surface area contributed by atoms with Gasteiger partial charge in [0.25, 0.3) is 0 Å². The number of halogens is 3. The lowest BCUT2D eigenvalue weighted by molar-refractivity contribution is -0.122. The topological polar surface area (TPSA) is 55.1 Å². The van der Waals surface area contributed by atoms with Crippen molar-refractivity contribution in [2.75, 3.05) is 6.54 Å². The van der Waals surface area contributed by atoms with Gasteiger partial charge in [0, 0.05) is 12.5 Å². The molecule has 0 aliphatic heterocycles. The molecule has 1 aromatic rings. The summed E-state index contributed by atoms with van der Waals surface area (Å²) in [4.78, 5) is 12.0. The van der Waals surface area contributed by atoms with Gasteiger partial charge in [-0.05, 0) is 55.8 Å². The summed E-state index contributed by atoms with van der Waals surface area (Å²) in [6.07, 6.45) is 5.52. The quantitative estimate of drug-likeness (QED) is 0.801. The van der Waals surface area contributed by atoms with Crippen LogP contribution >= 0.6 is 35.6 Å². The van der Waals surface area contributed by atoms with Gasteiger partial charge in [-0.3, -0.25) is 4.79 Å². The highest BCUT2D eigenvalue weighted by Gasteiger charge is 2.26. The van der Waals surface area contributed by atoms with E-state index in [1.54, 1.807) is 6.07 Å². The maximum Gasteiger partial charge on any atom is 0.220 e. The molecule has 0 radical (unpaired) electrons. The highest BCUT2D eigenvalue weighted by atomic mass is 35.5. The van der Waals surface area contributed by atoms with Crippen molar-refractivity contribution < 1.29 is 4.79 Å². The van der Waals surface area contributed by atoms with Crippen molar-refractivity contribution in [3.05, 3.63) is 33.8 Å². The maximum absolute atomic E-state index is 12.0. The number of nitrogens with one attached hydrogen (secondary N) is 1. The van der Waals surface area contributed by atoms with Crippen molar-refractivity contribution >= 4 is 41.5 Å². The maximum atomic E-state index is 12.0. The van der Waals surface area contributed by atoms with Crippen LogP contribution in [-0.4, -0.2) is 18.5 Å². The number of hydrogen-bond acceptors (Lipinski definition) is 2. The first-order chi connectivity index (χ1) is 10.1. The second kappa shape index (κ2) is 9.61. The monoisotopic (exact) mass is 364 g/mol. The van der Waals surface area contributed by atoms with Crippen molar-refractivity contribution in [3.8, 4) is 0 Å². The number of carbonyl (C=O) groups is 1. The molecule has 3 nitrogen and oxygen atoms in total. The summed E-state index contributed by atoms with van der Waals surface area (Å²) in [5, 5.41) is 4.25. The summed E-state index contributed by atoms with van der Waals surface area (Å²) in [5.41, 5.74) is 6.84. The summed E-state index contributed by atoms with van der Waals surface area (Å²) < 4.78 is 0. The van der Waals surface area contributed by atoms with Gasteiger partial charge in [0.05, 0.1) is 10.0 Å². The van der Waals surface area contributed by atoms with E-state index in [1.807, 2.05) is 12.1 Å². The predicted octanol–water partition coefficient (Wildman–Crippen LogP) is 3.98. The van der Waals surface area contributed by atoms with E-state index in [-0.39, 0.29) is 24.4 Å². The molecule has 0 bridgehead atoms. The number of carbonyl (C=O) groups excluding carboxylic acids is 1. The Labute approximate surface area is 148 Å². The van der Waals surface area contributed by atoms with Crippen LogP contribution in [0.3, 0.4) is 0 Å². The van der Waals surface area contributed by atoms with E-state index in [9.17, 15) is 4.79 Å². The third-order valence-electron chi connectivity index (χ3n) is 4.16. The van der Waals surface area contributed by atoms with Crippen LogP contribution < -0.4 is 11.1 Å². The Morgan fingerprint density at radius 1 is 1.27 bits per heavy atom. The lowest BCUT2D eigenvalue weighted by Crippen LogP contribution is -2.39. The molecule has 0 aromatic heterocycles. The van der Waals surface area contributed by atoms with Crippen LogP contribution in [0.15, 0.2) is 18.2 Å². The highest BCUT2D eigenvalue weighted by Crippen LogP contribution is 2.25. The number of benzene rings is 1. The summed E-state index contributed by atoms with van der Waals surface area (Å²) >= 11 is 11.9. The molecule has 0 heterocycles. The fourth-order valence-corrected chi connectivity index (χ4v) is 3.26. The standard InChI is InChI=1S/C16H22Cl2N2O.ClH/c17-13-8-7-11(9-14(13)18)3-1-6-16(21)20-15-5-2-4-12(15)10-19;/h7-9,12,15H,1-6,10,19H2,(H,20,21);1H. The van der Waals surface area contributed by atoms with Crippen LogP contribution in [0.1, 0.15) is 37.7 Å². The first-order valence-electron chi connectivity index (χ1n) is 7.53. The van der Waals surface area contributed by atoms with Crippen molar-refractivity contribution in [1.82, 2.24) is 5.32 Å². The van der Waals surface area contributed by atoms with Crippen LogP contribution in [0.4, 0.5) is 0 Å². The largest absolute Gasteiger partial charge is 0.353 e. The molecule has 1 amide bonds. The number of rotatable bonds is 6. The smallest absolute Gasteiger partial charge is 0.220 e. The van der Waals surface area contributed by atoms with Gasteiger partial charge in [-0.15, -0.1) is 12.4 Å². The Morgan fingerprint density at radius 3 is 2.73 bits per heavy atom. The number of aryl methyl sites for hydroxylation is 1. The Kier molecular flexibility index (Phi) is 8.55. The van der Waals surface area contributed by atoms with Gasteiger partial charge in [0.1, 0.15) is 0 Å².